The standard InChI is InChI=1S/C15H23NO/c1-3-12-16(2)13-8-5-9-14-17-15-10-6-4-7-11-15/h3-4,6-7,10-11H,1,5,8-9,12-14H2,2H3. The van der Waals surface area contributed by atoms with Gasteiger partial charge in [0.25, 0.3) is 0 Å². The molecule has 0 fully saturated rings. The van der Waals surface area contributed by atoms with Crippen LogP contribution in [0.4, 0.5) is 0 Å². The van der Waals surface area contributed by atoms with Crippen molar-refractivity contribution in [3.05, 3.63) is 43.0 Å². The average molecular weight is 233 g/mol. The van der Waals surface area contributed by atoms with Crippen LogP contribution in [0.3, 0.4) is 0 Å². The van der Waals surface area contributed by atoms with Crippen LogP contribution >= 0.6 is 0 Å². The van der Waals surface area contributed by atoms with E-state index in [1.54, 1.807) is 0 Å². The molecule has 0 aliphatic heterocycles. The fraction of sp³-hybridized carbons (Fsp3) is 0.467. The molecule has 1 rings (SSSR count). The molecule has 0 aromatic heterocycles. The fourth-order valence-electron chi connectivity index (χ4n) is 1.68. The Morgan fingerprint density at radius 1 is 1.18 bits per heavy atom. The van der Waals surface area contributed by atoms with Crippen molar-refractivity contribution in [3.8, 4) is 5.75 Å². The van der Waals surface area contributed by atoms with E-state index in [1.807, 2.05) is 36.4 Å². The lowest BCUT2D eigenvalue weighted by Gasteiger charge is -2.13. The lowest BCUT2D eigenvalue weighted by atomic mass is 10.2. The van der Waals surface area contributed by atoms with Crippen molar-refractivity contribution in [2.24, 2.45) is 0 Å². The van der Waals surface area contributed by atoms with E-state index in [4.69, 9.17) is 4.74 Å². The molecule has 0 spiro atoms. The van der Waals surface area contributed by atoms with Gasteiger partial charge >= 0.3 is 0 Å². The molecule has 0 aliphatic rings. The Labute approximate surface area is 105 Å². The maximum Gasteiger partial charge on any atom is 0.119 e. The van der Waals surface area contributed by atoms with Gasteiger partial charge in [0.2, 0.25) is 0 Å². The minimum atomic E-state index is 0.815. The number of nitrogens with zero attached hydrogens (tertiary/aromatic N) is 1. The van der Waals surface area contributed by atoms with Crippen LogP contribution in [0.2, 0.25) is 0 Å². The van der Waals surface area contributed by atoms with Crippen molar-refractivity contribution in [2.75, 3.05) is 26.7 Å². The Bertz CT molecular complexity index is 297. The second kappa shape index (κ2) is 8.82. The fourth-order valence-corrected chi connectivity index (χ4v) is 1.68. The molecule has 0 N–H and O–H groups in total. The molecule has 0 atom stereocenters. The van der Waals surface area contributed by atoms with Crippen molar-refractivity contribution in [1.82, 2.24) is 4.90 Å². The molecule has 2 nitrogen and oxygen atoms in total. The summed E-state index contributed by atoms with van der Waals surface area (Å²) in [4.78, 5) is 2.28. The summed E-state index contributed by atoms with van der Waals surface area (Å²) in [5.41, 5.74) is 0. The first-order valence-corrected chi connectivity index (χ1v) is 6.30. The van der Waals surface area contributed by atoms with Crippen molar-refractivity contribution in [1.29, 1.82) is 0 Å². The lowest BCUT2D eigenvalue weighted by molar-refractivity contribution is 0.296. The maximum atomic E-state index is 5.63. The van der Waals surface area contributed by atoms with Crippen LogP contribution in [0.5, 0.6) is 5.75 Å². The summed E-state index contributed by atoms with van der Waals surface area (Å²) in [5, 5.41) is 0. The number of hydrogen-bond acceptors (Lipinski definition) is 2. The van der Waals surface area contributed by atoms with Gasteiger partial charge in [-0.15, -0.1) is 6.58 Å². The third-order valence-corrected chi connectivity index (χ3v) is 2.64. The van der Waals surface area contributed by atoms with Crippen LogP contribution in [0.15, 0.2) is 43.0 Å². The Balaban J connectivity index is 1.96. The van der Waals surface area contributed by atoms with Gasteiger partial charge in [0.1, 0.15) is 5.75 Å². The molecule has 94 valence electrons. The first kappa shape index (κ1) is 13.8. The van der Waals surface area contributed by atoms with Crippen LogP contribution in [-0.4, -0.2) is 31.6 Å². The SMILES string of the molecule is C=CCN(C)CCCCCOc1ccccc1. The Morgan fingerprint density at radius 3 is 2.65 bits per heavy atom. The van der Waals surface area contributed by atoms with Gasteiger partial charge in [-0.2, -0.15) is 0 Å². The molecule has 0 saturated carbocycles. The van der Waals surface area contributed by atoms with Crippen molar-refractivity contribution >= 4 is 0 Å². The van der Waals surface area contributed by atoms with Gasteiger partial charge in [-0.05, 0) is 45.0 Å². The van der Waals surface area contributed by atoms with E-state index >= 15 is 0 Å². The molecule has 0 radical (unpaired) electrons. The average Bonchev–Trinajstić information content (AvgIpc) is 2.35. The molecular formula is C15H23NO. The normalized spacial score (nSPS) is 10.5. The van der Waals surface area contributed by atoms with Crippen LogP contribution in [0.1, 0.15) is 19.3 Å². The third-order valence-electron chi connectivity index (χ3n) is 2.64. The monoisotopic (exact) mass is 233 g/mol. The summed E-state index contributed by atoms with van der Waals surface area (Å²) >= 11 is 0. The highest BCUT2D eigenvalue weighted by Gasteiger charge is 1.96. The van der Waals surface area contributed by atoms with Gasteiger partial charge in [0, 0.05) is 6.54 Å². The van der Waals surface area contributed by atoms with E-state index < -0.39 is 0 Å². The number of benzene rings is 1. The van der Waals surface area contributed by atoms with Gasteiger partial charge in [-0.3, -0.25) is 0 Å². The third kappa shape index (κ3) is 6.80. The second-order valence-corrected chi connectivity index (χ2v) is 4.27. The zero-order valence-corrected chi connectivity index (χ0v) is 10.8. The molecule has 0 bridgehead atoms. The summed E-state index contributed by atoms with van der Waals surface area (Å²) in [6, 6.07) is 10.00. The van der Waals surface area contributed by atoms with Crippen molar-refractivity contribution < 1.29 is 4.74 Å². The van der Waals surface area contributed by atoms with E-state index in [1.165, 1.54) is 12.8 Å². The zero-order valence-electron chi connectivity index (χ0n) is 10.8. The van der Waals surface area contributed by atoms with Crippen molar-refractivity contribution in [2.45, 2.75) is 19.3 Å². The topological polar surface area (TPSA) is 12.5 Å². The van der Waals surface area contributed by atoms with Gasteiger partial charge < -0.3 is 9.64 Å². The minimum Gasteiger partial charge on any atom is -0.494 e. The largest absolute Gasteiger partial charge is 0.494 e. The molecule has 0 amide bonds. The van der Waals surface area contributed by atoms with E-state index in [-0.39, 0.29) is 0 Å². The second-order valence-electron chi connectivity index (χ2n) is 4.27. The van der Waals surface area contributed by atoms with E-state index in [2.05, 4.69) is 18.5 Å². The predicted molar refractivity (Wildman–Crippen MR) is 73.5 cm³/mol. The molecule has 0 unspecified atom stereocenters. The molecule has 17 heavy (non-hydrogen) atoms. The van der Waals surface area contributed by atoms with Gasteiger partial charge in [-0.1, -0.05) is 24.3 Å². The molecule has 1 aromatic carbocycles. The van der Waals surface area contributed by atoms with Crippen LogP contribution < -0.4 is 4.74 Å². The van der Waals surface area contributed by atoms with Gasteiger partial charge in [0.05, 0.1) is 6.61 Å². The van der Waals surface area contributed by atoms with E-state index in [0.717, 1.165) is 31.9 Å². The number of unbranched alkanes of at least 4 members (excludes halogenated alkanes) is 2. The summed E-state index contributed by atoms with van der Waals surface area (Å²) in [6.07, 6.45) is 5.51. The molecule has 1 aromatic rings. The zero-order chi connectivity index (χ0) is 12.3. The van der Waals surface area contributed by atoms with Gasteiger partial charge in [0.15, 0.2) is 0 Å². The quantitative estimate of drug-likeness (QED) is 0.479. The number of rotatable bonds is 9. The van der Waals surface area contributed by atoms with E-state index in [9.17, 15) is 0 Å². The van der Waals surface area contributed by atoms with E-state index in [0.29, 0.717) is 0 Å². The summed E-state index contributed by atoms with van der Waals surface area (Å²) in [5.74, 6) is 0.969. The highest BCUT2D eigenvalue weighted by atomic mass is 16.5. The first-order chi connectivity index (χ1) is 8.33. The first-order valence-electron chi connectivity index (χ1n) is 6.30. The molecule has 2 heteroatoms. The van der Waals surface area contributed by atoms with Gasteiger partial charge in [-0.25, -0.2) is 0 Å². The van der Waals surface area contributed by atoms with Crippen molar-refractivity contribution in [3.63, 3.8) is 0 Å². The van der Waals surface area contributed by atoms with Crippen LogP contribution in [0.25, 0.3) is 0 Å². The number of para-hydroxylation sites is 1. The minimum absolute atomic E-state index is 0.815. The smallest absolute Gasteiger partial charge is 0.119 e. The van der Waals surface area contributed by atoms with Crippen LogP contribution in [0, 0.1) is 0 Å². The summed E-state index contributed by atoms with van der Waals surface area (Å²) < 4.78 is 5.63. The highest BCUT2D eigenvalue weighted by Crippen LogP contribution is 2.09. The Kier molecular flexibility index (Phi) is 7.15. The molecular weight excluding hydrogens is 210 g/mol. The highest BCUT2D eigenvalue weighted by molar-refractivity contribution is 5.20. The Morgan fingerprint density at radius 2 is 1.94 bits per heavy atom. The number of hydrogen-bond donors (Lipinski definition) is 0. The predicted octanol–water partition coefficient (Wildman–Crippen LogP) is 3.35. The maximum absolute atomic E-state index is 5.63. The summed E-state index contributed by atoms with van der Waals surface area (Å²) in [7, 11) is 2.13. The lowest BCUT2D eigenvalue weighted by Crippen LogP contribution is -2.19. The summed E-state index contributed by atoms with van der Waals surface area (Å²) in [6.45, 7) is 6.65. The number of likely N-dealkylation sites (N-methyl/N-ethyl adjacent to an activating group) is 1. The van der Waals surface area contributed by atoms with Crippen LogP contribution in [-0.2, 0) is 0 Å². The molecule has 0 heterocycles. The number of ether oxygens (including phenoxy) is 1. The molecule has 0 saturated heterocycles. The molecule has 0 aliphatic carbocycles. The Hall–Kier alpha value is -1.28.